The Kier molecular flexibility index (Phi) is 4.89. The summed E-state index contributed by atoms with van der Waals surface area (Å²) in [5, 5.41) is 6.47. The number of alkyl halides is 2. The lowest BCUT2D eigenvalue weighted by Crippen LogP contribution is -2.19. The number of hydrogen-bond acceptors (Lipinski definition) is 3. The minimum Gasteiger partial charge on any atom is -0.433 e. The fourth-order valence-corrected chi connectivity index (χ4v) is 2.02. The Morgan fingerprint density at radius 1 is 1.52 bits per heavy atom. The van der Waals surface area contributed by atoms with E-state index in [2.05, 4.69) is 31.1 Å². The van der Waals surface area contributed by atoms with Crippen molar-refractivity contribution in [1.82, 2.24) is 9.78 Å². The Hall–Kier alpha value is -1.96. The van der Waals surface area contributed by atoms with Crippen LogP contribution in [-0.2, 0) is 11.3 Å². The van der Waals surface area contributed by atoms with Crippen LogP contribution in [0.3, 0.4) is 0 Å². The number of carbonyl (C=O) groups excluding carboxylic acids is 1. The summed E-state index contributed by atoms with van der Waals surface area (Å²) in [6.45, 7) is -1.25. The third-order valence-electron chi connectivity index (χ3n) is 2.53. The van der Waals surface area contributed by atoms with Crippen molar-refractivity contribution in [3.63, 3.8) is 0 Å². The number of rotatable bonds is 5. The minimum absolute atomic E-state index is 0.0341. The molecule has 8 heteroatoms. The van der Waals surface area contributed by atoms with Crippen LogP contribution in [-0.4, -0.2) is 22.3 Å². The van der Waals surface area contributed by atoms with Gasteiger partial charge in [0.15, 0.2) is 0 Å². The van der Waals surface area contributed by atoms with E-state index in [0.717, 1.165) is 10.0 Å². The maximum Gasteiger partial charge on any atom is 0.387 e. The molecule has 0 fully saturated rings. The first-order chi connectivity index (χ1) is 9.94. The SMILES string of the molecule is Cc1ccc(NC(=O)Cn2cc(Br)cn2)c(OC(F)F)c1. The van der Waals surface area contributed by atoms with E-state index < -0.39 is 12.5 Å². The van der Waals surface area contributed by atoms with Crippen LogP contribution in [0.15, 0.2) is 35.1 Å². The highest BCUT2D eigenvalue weighted by Gasteiger charge is 2.13. The van der Waals surface area contributed by atoms with E-state index in [1.165, 1.54) is 16.8 Å². The average Bonchev–Trinajstić information content (AvgIpc) is 2.77. The van der Waals surface area contributed by atoms with Crippen LogP contribution in [0.25, 0.3) is 0 Å². The second-order valence-electron chi connectivity index (χ2n) is 4.28. The molecule has 0 atom stereocenters. The monoisotopic (exact) mass is 359 g/mol. The molecule has 1 aromatic carbocycles. The molecule has 0 spiro atoms. The molecule has 1 heterocycles. The van der Waals surface area contributed by atoms with Crippen molar-refractivity contribution >= 4 is 27.5 Å². The summed E-state index contributed by atoms with van der Waals surface area (Å²) in [6, 6.07) is 4.65. The number of amides is 1. The van der Waals surface area contributed by atoms with Gasteiger partial charge in [-0.2, -0.15) is 13.9 Å². The second-order valence-corrected chi connectivity index (χ2v) is 5.20. The molecule has 0 saturated carbocycles. The number of carbonyl (C=O) groups is 1. The summed E-state index contributed by atoms with van der Waals surface area (Å²) < 4.78 is 31.3. The zero-order chi connectivity index (χ0) is 15.4. The molecule has 0 saturated heterocycles. The summed E-state index contributed by atoms with van der Waals surface area (Å²) in [7, 11) is 0. The predicted octanol–water partition coefficient (Wildman–Crippen LogP) is 3.19. The van der Waals surface area contributed by atoms with Crippen LogP contribution in [0.1, 0.15) is 5.56 Å². The number of aryl methyl sites for hydroxylation is 1. The third kappa shape index (κ3) is 4.52. The molecule has 112 valence electrons. The van der Waals surface area contributed by atoms with Crippen LogP contribution in [0.5, 0.6) is 5.75 Å². The Bertz CT molecular complexity index is 646. The van der Waals surface area contributed by atoms with Gasteiger partial charge in [0, 0.05) is 6.20 Å². The molecule has 1 amide bonds. The zero-order valence-corrected chi connectivity index (χ0v) is 12.6. The van der Waals surface area contributed by atoms with Gasteiger partial charge in [0.2, 0.25) is 5.91 Å². The molecule has 2 rings (SSSR count). The number of anilines is 1. The molecule has 0 bridgehead atoms. The topological polar surface area (TPSA) is 56.2 Å². The number of hydrogen-bond donors (Lipinski definition) is 1. The quantitative estimate of drug-likeness (QED) is 0.891. The van der Waals surface area contributed by atoms with Gasteiger partial charge in [0.25, 0.3) is 0 Å². The van der Waals surface area contributed by atoms with Gasteiger partial charge in [-0.3, -0.25) is 9.48 Å². The van der Waals surface area contributed by atoms with Crippen LogP contribution >= 0.6 is 15.9 Å². The number of aromatic nitrogens is 2. The highest BCUT2D eigenvalue weighted by molar-refractivity contribution is 9.10. The van der Waals surface area contributed by atoms with Crippen LogP contribution in [0.2, 0.25) is 0 Å². The fraction of sp³-hybridized carbons (Fsp3) is 0.231. The maximum atomic E-state index is 12.4. The fourth-order valence-electron chi connectivity index (χ4n) is 1.69. The Balaban J connectivity index is 2.09. The van der Waals surface area contributed by atoms with Crippen molar-refractivity contribution < 1.29 is 18.3 Å². The van der Waals surface area contributed by atoms with Gasteiger partial charge in [0.05, 0.1) is 16.4 Å². The summed E-state index contributed by atoms with van der Waals surface area (Å²) in [4.78, 5) is 11.9. The van der Waals surface area contributed by atoms with Gasteiger partial charge >= 0.3 is 6.61 Å². The van der Waals surface area contributed by atoms with E-state index in [0.29, 0.717) is 0 Å². The number of nitrogens with zero attached hydrogens (tertiary/aromatic N) is 2. The first-order valence-electron chi connectivity index (χ1n) is 5.97. The van der Waals surface area contributed by atoms with Gasteiger partial charge in [-0.1, -0.05) is 6.07 Å². The van der Waals surface area contributed by atoms with E-state index in [4.69, 9.17) is 0 Å². The Morgan fingerprint density at radius 3 is 2.90 bits per heavy atom. The third-order valence-corrected chi connectivity index (χ3v) is 2.94. The smallest absolute Gasteiger partial charge is 0.387 e. The van der Waals surface area contributed by atoms with Crippen molar-refractivity contribution in [2.75, 3.05) is 5.32 Å². The molecule has 1 N–H and O–H groups in total. The summed E-state index contributed by atoms with van der Waals surface area (Å²) in [5.41, 5.74) is 0.941. The molecule has 5 nitrogen and oxygen atoms in total. The minimum atomic E-state index is -2.95. The van der Waals surface area contributed by atoms with Crippen LogP contribution < -0.4 is 10.1 Å². The first kappa shape index (κ1) is 15.4. The molecule has 2 aromatic rings. The Morgan fingerprint density at radius 2 is 2.29 bits per heavy atom. The highest BCUT2D eigenvalue weighted by atomic mass is 79.9. The second kappa shape index (κ2) is 6.66. The molecular weight excluding hydrogens is 348 g/mol. The van der Waals surface area contributed by atoms with E-state index in [1.807, 2.05) is 0 Å². The number of halogens is 3. The largest absolute Gasteiger partial charge is 0.433 e. The van der Waals surface area contributed by atoms with Gasteiger partial charge in [-0.05, 0) is 40.5 Å². The van der Waals surface area contributed by atoms with Crippen molar-refractivity contribution in [1.29, 1.82) is 0 Å². The molecule has 0 aliphatic carbocycles. The lowest BCUT2D eigenvalue weighted by atomic mass is 10.2. The van der Waals surface area contributed by atoms with Crippen molar-refractivity contribution in [2.24, 2.45) is 0 Å². The van der Waals surface area contributed by atoms with Crippen molar-refractivity contribution in [3.8, 4) is 5.75 Å². The molecule has 21 heavy (non-hydrogen) atoms. The van der Waals surface area contributed by atoms with E-state index in [-0.39, 0.29) is 18.0 Å². The average molecular weight is 360 g/mol. The molecule has 0 unspecified atom stereocenters. The molecule has 0 aliphatic rings. The molecular formula is C13H12BrF2N3O2. The molecule has 0 aliphatic heterocycles. The lowest BCUT2D eigenvalue weighted by Gasteiger charge is -2.12. The first-order valence-corrected chi connectivity index (χ1v) is 6.76. The van der Waals surface area contributed by atoms with Crippen LogP contribution in [0.4, 0.5) is 14.5 Å². The lowest BCUT2D eigenvalue weighted by molar-refractivity contribution is -0.117. The summed E-state index contributed by atoms with van der Waals surface area (Å²) >= 11 is 3.22. The number of nitrogens with one attached hydrogen (secondary N) is 1. The summed E-state index contributed by atoms with van der Waals surface area (Å²) in [5.74, 6) is -0.464. The number of benzene rings is 1. The highest BCUT2D eigenvalue weighted by Crippen LogP contribution is 2.27. The molecule has 1 aromatic heterocycles. The van der Waals surface area contributed by atoms with Crippen LogP contribution in [0, 0.1) is 6.92 Å². The molecule has 0 radical (unpaired) electrons. The Labute approximate surface area is 128 Å². The number of ether oxygens (including phenoxy) is 1. The van der Waals surface area contributed by atoms with Crippen molar-refractivity contribution in [2.45, 2.75) is 20.1 Å². The van der Waals surface area contributed by atoms with Gasteiger partial charge in [0.1, 0.15) is 12.3 Å². The maximum absolute atomic E-state index is 12.4. The zero-order valence-electron chi connectivity index (χ0n) is 11.0. The predicted molar refractivity (Wildman–Crippen MR) is 76.4 cm³/mol. The standard InChI is InChI=1S/C13H12BrF2N3O2/c1-8-2-3-10(11(4-8)21-13(15)16)18-12(20)7-19-6-9(14)5-17-19/h2-6,13H,7H2,1H3,(H,18,20). The van der Waals surface area contributed by atoms with Gasteiger partial charge in [-0.15, -0.1) is 0 Å². The van der Waals surface area contributed by atoms with E-state index in [9.17, 15) is 13.6 Å². The summed E-state index contributed by atoms with van der Waals surface area (Å²) in [6.07, 6.45) is 3.18. The van der Waals surface area contributed by atoms with E-state index >= 15 is 0 Å². The van der Waals surface area contributed by atoms with Crippen molar-refractivity contribution in [3.05, 3.63) is 40.6 Å². The van der Waals surface area contributed by atoms with E-state index in [1.54, 1.807) is 25.4 Å². The van der Waals surface area contributed by atoms with Gasteiger partial charge in [-0.25, -0.2) is 0 Å². The van der Waals surface area contributed by atoms with Gasteiger partial charge < -0.3 is 10.1 Å². The normalized spacial score (nSPS) is 10.7.